The van der Waals surface area contributed by atoms with Crippen LogP contribution in [0.1, 0.15) is 61.1 Å². The number of fused-ring (bicyclic) bond motifs is 1. The van der Waals surface area contributed by atoms with E-state index in [2.05, 4.69) is 43.0 Å². The van der Waals surface area contributed by atoms with E-state index in [1.165, 1.54) is 6.20 Å². The molecule has 0 saturated heterocycles. The monoisotopic (exact) mass is 391 g/mol. The average Bonchev–Trinajstić information content (AvgIpc) is 2.71. The molecule has 0 radical (unpaired) electrons. The summed E-state index contributed by atoms with van der Waals surface area (Å²) in [5, 5.41) is 2.93. The van der Waals surface area contributed by atoms with Gasteiger partial charge in [0.1, 0.15) is 0 Å². The van der Waals surface area contributed by atoms with Gasteiger partial charge in [0.2, 0.25) is 0 Å². The molecular weight excluding hydrogens is 366 g/mol. The summed E-state index contributed by atoms with van der Waals surface area (Å²) in [6, 6.07) is 13.2. The zero-order chi connectivity index (χ0) is 21.0. The van der Waals surface area contributed by atoms with Crippen molar-refractivity contribution >= 4 is 28.6 Å². The normalized spacial score (nSPS) is 11.1. The van der Waals surface area contributed by atoms with Gasteiger partial charge in [-0.1, -0.05) is 58.0 Å². The molecule has 0 saturated carbocycles. The van der Waals surface area contributed by atoms with Crippen molar-refractivity contribution in [3.05, 3.63) is 65.5 Å². The van der Waals surface area contributed by atoms with E-state index in [4.69, 9.17) is 4.74 Å². The number of nitrogens with one attached hydrogen (secondary N) is 1. The number of rotatable bonds is 6. The van der Waals surface area contributed by atoms with Crippen molar-refractivity contribution in [2.45, 2.75) is 39.5 Å². The maximum Gasteiger partial charge on any atom is 0.359 e. The lowest BCUT2D eigenvalue weighted by Gasteiger charge is -2.20. The maximum absolute atomic E-state index is 12.5. The van der Waals surface area contributed by atoms with E-state index in [1.54, 1.807) is 6.07 Å². The lowest BCUT2D eigenvalue weighted by molar-refractivity contribution is -0.119. The Labute approximate surface area is 170 Å². The van der Waals surface area contributed by atoms with Gasteiger partial charge in [-0.15, -0.1) is 0 Å². The Hall–Kier alpha value is -3.28. The van der Waals surface area contributed by atoms with Crippen LogP contribution in [0.15, 0.2) is 48.7 Å². The maximum atomic E-state index is 12.5. The number of esters is 1. The highest BCUT2D eigenvalue weighted by Crippen LogP contribution is 2.32. The first kappa shape index (κ1) is 20.5. The predicted octanol–water partition coefficient (Wildman–Crippen LogP) is 4.67. The van der Waals surface area contributed by atoms with E-state index in [-0.39, 0.29) is 23.4 Å². The molecule has 1 N–H and O–H groups in total. The molecule has 29 heavy (non-hydrogen) atoms. The molecule has 0 aliphatic carbocycles. The van der Waals surface area contributed by atoms with Crippen molar-refractivity contribution in [3.63, 3.8) is 0 Å². The third kappa shape index (κ3) is 4.77. The van der Waals surface area contributed by atoms with Gasteiger partial charge in [0, 0.05) is 5.69 Å². The number of ether oxygens (including phenoxy) is 1. The minimum atomic E-state index is -0.681. The number of aromatic nitrogens is 2. The lowest BCUT2D eigenvalue weighted by Crippen LogP contribution is -2.23. The number of hydrogen-bond donors (Lipinski definition) is 1. The molecule has 0 fully saturated rings. The van der Waals surface area contributed by atoms with E-state index in [0.717, 1.165) is 16.8 Å². The summed E-state index contributed by atoms with van der Waals surface area (Å²) >= 11 is 0. The van der Waals surface area contributed by atoms with Gasteiger partial charge in [-0.3, -0.25) is 9.78 Å². The van der Waals surface area contributed by atoms with Gasteiger partial charge < -0.3 is 10.1 Å². The Kier molecular flexibility index (Phi) is 6.22. The van der Waals surface area contributed by atoms with Gasteiger partial charge in [-0.2, -0.15) is 0 Å². The lowest BCUT2D eigenvalue weighted by atomic mass is 9.92. The van der Waals surface area contributed by atoms with Crippen LogP contribution in [0.3, 0.4) is 0 Å². The molecular formula is C23H25N3O3. The zero-order valence-corrected chi connectivity index (χ0v) is 17.1. The highest BCUT2D eigenvalue weighted by Gasteiger charge is 2.18. The van der Waals surface area contributed by atoms with Gasteiger partial charge in [-0.05, 0) is 35.1 Å². The minimum absolute atomic E-state index is 0.0713. The molecule has 2 aromatic carbocycles. The van der Waals surface area contributed by atoms with Crippen molar-refractivity contribution in [1.29, 1.82) is 0 Å². The minimum Gasteiger partial charge on any atom is -0.451 e. The second kappa shape index (κ2) is 8.82. The third-order valence-electron chi connectivity index (χ3n) is 4.63. The molecule has 1 amide bonds. The molecule has 3 aromatic rings. The summed E-state index contributed by atoms with van der Waals surface area (Å²) in [6.45, 7) is 7.92. The van der Waals surface area contributed by atoms with E-state index in [1.807, 2.05) is 36.4 Å². The zero-order valence-electron chi connectivity index (χ0n) is 17.1. The number of benzene rings is 2. The van der Waals surface area contributed by atoms with Gasteiger partial charge >= 0.3 is 5.97 Å². The summed E-state index contributed by atoms with van der Waals surface area (Å²) < 4.78 is 5.16. The summed E-state index contributed by atoms with van der Waals surface area (Å²) in [4.78, 5) is 33.2. The van der Waals surface area contributed by atoms with E-state index < -0.39 is 12.6 Å². The van der Waals surface area contributed by atoms with Crippen LogP contribution in [-0.2, 0) is 9.53 Å². The summed E-state index contributed by atoms with van der Waals surface area (Å²) in [6.07, 6.45) is 1.35. The van der Waals surface area contributed by atoms with Crippen LogP contribution < -0.4 is 5.32 Å². The molecule has 6 nitrogen and oxygen atoms in total. The molecule has 0 spiro atoms. The number of carbonyl (C=O) groups excluding carboxylic acids is 2. The molecule has 6 heteroatoms. The molecule has 3 rings (SSSR count). The van der Waals surface area contributed by atoms with E-state index >= 15 is 0 Å². The first-order valence-corrected chi connectivity index (χ1v) is 9.68. The number of nitrogens with zero attached hydrogens (tertiary/aromatic N) is 2. The molecule has 0 atom stereocenters. The van der Waals surface area contributed by atoms with Gasteiger partial charge in [-0.25, -0.2) is 9.78 Å². The summed E-state index contributed by atoms with van der Waals surface area (Å²) in [5.74, 6) is -0.569. The van der Waals surface area contributed by atoms with Crippen LogP contribution in [-0.4, -0.2) is 28.5 Å². The largest absolute Gasteiger partial charge is 0.451 e. The molecule has 1 aromatic heterocycles. The van der Waals surface area contributed by atoms with Crippen LogP contribution in [0.4, 0.5) is 5.69 Å². The van der Waals surface area contributed by atoms with Crippen molar-refractivity contribution in [3.8, 4) is 0 Å². The number of hydrogen-bond acceptors (Lipinski definition) is 5. The fourth-order valence-electron chi connectivity index (χ4n) is 3.13. The van der Waals surface area contributed by atoms with Gasteiger partial charge in [0.25, 0.3) is 5.91 Å². The number of anilines is 1. The topological polar surface area (TPSA) is 81.2 Å². The molecule has 0 unspecified atom stereocenters. The van der Waals surface area contributed by atoms with Gasteiger partial charge in [0.05, 0.1) is 17.2 Å². The second-order valence-electron chi connectivity index (χ2n) is 7.49. The smallest absolute Gasteiger partial charge is 0.359 e. The second-order valence-corrected chi connectivity index (χ2v) is 7.49. The van der Waals surface area contributed by atoms with Crippen LogP contribution in [0.5, 0.6) is 0 Å². The first-order valence-electron chi connectivity index (χ1n) is 9.68. The summed E-state index contributed by atoms with van der Waals surface area (Å²) in [5.41, 5.74) is 4.26. The Morgan fingerprint density at radius 1 is 0.931 bits per heavy atom. The van der Waals surface area contributed by atoms with E-state index in [0.29, 0.717) is 11.0 Å². The van der Waals surface area contributed by atoms with Crippen molar-refractivity contribution in [1.82, 2.24) is 9.97 Å². The molecule has 0 aliphatic heterocycles. The first-order chi connectivity index (χ1) is 13.9. The SMILES string of the molecule is CC(C)c1cccc(C(C)C)c1NC(=O)COC(=O)c1cnc2ccccc2n1. The Morgan fingerprint density at radius 3 is 2.17 bits per heavy atom. The van der Waals surface area contributed by atoms with E-state index in [9.17, 15) is 9.59 Å². The molecule has 150 valence electrons. The quantitative estimate of drug-likeness (QED) is 0.618. The molecule has 0 bridgehead atoms. The predicted molar refractivity (Wildman–Crippen MR) is 113 cm³/mol. The fourth-order valence-corrected chi connectivity index (χ4v) is 3.13. The highest BCUT2D eigenvalue weighted by atomic mass is 16.5. The number of para-hydroxylation sites is 3. The van der Waals surface area contributed by atoms with Crippen LogP contribution in [0.2, 0.25) is 0 Å². The molecule has 0 aliphatic rings. The Morgan fingerprint density at radius 2 is 1.55 bits per heavy atom. The fraction of sp³-hybridized carbons (Fsp3) is 0.304. The number of amides is 1. The third-order valence-corrected chi connectivity index (χ3v) is 4.63. The summed E-state index contributed by atoms with van der Waals surface area (Å²) in [7, 11) is 0. The van der Waals surface area contributed by atoms with Gasteiger partial charge in [0.15, 0.2) is 12.3 Å². The highest BCUT2D eigenvalue weighted by molar-refractivity contribution is 5.96. The Bertz CT molecular complexity index is 1020. The molecule has 1 heterocycles. The van der Waals surface area contributed by atoms with Crippen LogP contribution >= 0.6 is 0 Å². The van der Waals surface area contributed by atoms with Crippen molar-refractivity contribution in [2.75, 3.05) is 11.9 Å². The number of carbonyl (C=O) groups is 2. The standard InChI is InChI=1S/C23H25N3O3/c1-14(2)16-8-7-9-17(15(3)4)22(16)26-21(27)13-29-23(28)20-12-24-18-10-5-6-11-19(18)25-20/h5-12,14-15H,13H2,1-4H3,(H,26,27). The van der Waals surface area contributed by atoms with Crippen molar-refractivity contribution in [2.24, 2.45) is 0 Å². The van der Waals surface area contributed by atoms with Crippen LogP contribution in [0.25, 0.3) is 11.0 Å². The Balaban J connectivity index is 1.70. The van der Waals surface area contributed by atoms with Crippen LogP contribution in [0, 0.1) is 0 Å². The average molecular weight is 391 g/mol. The van der Waals surface area contributed by atoms with Crippen molar-refractivity contribution < 1.29 is 14.3 Å².